The summed E-state index contributed by atoms with van der Waals surface area (Å²) in [5.41, 5.74) is 1.11. The van der Waals surface area contributed by atoms with Gasteiger partial charge in [-0.1, -0.05) is 18.2 Å². The minimum absolute atomic E-state index is 0.590. The molecule has 0 atom stereocenters. The van der Waals surface area contributed by atoms with Crippen molar-refractivity contribution in [3.63, 3.8) is 0 Å². The van der Waals surface area contributed by atoms with Gasteiger partial charge in [0.2, 0.25) is 0 Å². The smallest absolute Gasteiger partial charge is 0.191 e. The summed E-state index contributed by atoms with van der Waals surface area (Å²) >= 11 is 0. The van der Waals surface area contributed by atoms with Gasteiger partial charge in [-0.2, -0.15) is 0 Å². The van der Waals surface area contributed by atoms with Crippen LogP contribution in [0.5, 0.6) is 5.75 Å². The average Bonchev–Trinajstić information content (AvgIpc) is 2.82. The highest BCUT2D eigenvalue weighted by atomic mass is 16.5. The third kappa shape index (κ3) is 9.03. The second-order valence-electron chi connectivity index (χ2n) is 7.84. The van der Waals surface area contributed by atoms with Crippen LogP contribution in [0.2, 0.25) is 0 Å². The van der Waals surface area contributed by atoms with E-state index in [1.54, 1.807) is 0 Å². The third-order valence-corrected chi connectivity index (χ3v) is 5.54. The summed E-state index contributed by atoms with van der Waals surface area (Å²) in [6, 6.07) is 8.19. The van der Waals surface area contributed by atoms with E-state index >= 15 is 0 Å². The lowest BCUT2D eigenvalue weighted by atomic mass is 10.2. The summed E-state index contributed by atoms with van der Waals surface area (Å²) in [5, 5.41) is 6.80. The van der Waals surface area contributed by atoms with Crippen LogP contribution in [0.4, 0.5) is 0 Å². The zero-order valence-corrected chi connectivity index (χ0v) is 19.0. The monoisotopic (exact) mass is 433 g/mol. The molecule has 0 bridgehead atoms. The van der Waals surface area contributed by atoms with Crippen molar-refractivity contribution < 1.29 is 14.2 Å². The van der Waals surface area contributed by atoms with Crippen LogP contribution in [-0.2, 0) is 16.0 Å². The summed E-state index contributed by atoms with van der Waals surface area (Å²) < 4.78 is 16.9. The van der Waals surface area contributed by atoms with Gasteiger partial charge in [-0.15, -0.1) is 0 Å². The number of aliphatic imine (C=N–C) groups is 1. The molecule has 31 heavy (non-hydrogen) atoms. The lowest BCUT2D eigenvalue weighted by Gasteiger charge is -2.26. The topological polar surface area (TPSA) is 70.6 Å². The van der Waals surface area contributed by atoms with E-state index in [1.807, 2.05) is 18.2 Å². The summed E-state index contributed by atoms with van der Waals surface area (Å²) in [4.78, 5) is 9.62. The Morgan fingerprint density at radius 1 is 0.968 bits per heavy atom. The Bertz CT molecular complexity index is 646. The summed E-state index contributed by atoms with van der Waals surface area (Å²) in [6.45, 7) is 14.5. The Morgan fingerprint density at radius 3 is 2.35 bits per heavy atom. The maximum Gasteiger partial charge on any atom is 0.191 e. The molecule has 2 saturated heterocycles. The molecule has 174 valence electrons. The molecule has 2 fully saturated rings. The van der Waals surface area contributed by atoms with E-state index in [4.69, 9.17) is 19.2 Å². The first-order valence-electron chi connectivity index (χ1n) is 11.7. The van der Waals surface area contributed by atoms with Crippen LogP contribution in [0.1, 0.15) is 18.9 Å². The number of nitrogens with zero attached hydrogens (tertiary/aromatic N) is 3. The van der Waals surface area contributed by atoms with Crippen LogP contribution in [-0.4, -0.2) is 101 Å². The minimum atomic E-state index is 0.590. The number of morpholine rings is 2. The first-order chi connectivity index (χ1) is 15.3. The fourth-order valence-electron chi connectivity index (χ4n) is 3.72. The molecular formula is C23H39N5O3. The quantitative estimate of drug-likeness (QED) is 0.308. The molecule has 2 heterocycles. The Kier molecular flexibility index (Phi) is 10.9. The van der Waals surface area contributed by atoms with Gasteiger partial charge in [-0.3, -0.25) is 9.80 Å². The van der Waals surface area contributed by atoms with Crippen LogP contribution in [0.25, 0.3) is 0 Å². The van der Waals surface area contributed by atoms with Crippen molar-refractivity contribution in [3.05, 3.63) is 29.8 Å². The SMILES string of the molecule is CCNC(=NCc1ccccc1OCCN1CCOCC1)NCCCN1CCOCC1. The van der Waals surface area contributed by atoms with Crippen molar-refractivity contribution in [1.29, 1.82) is 0 Å². The molecule has 0 aliphatic carbocycles. The summed E-state index contributed by atoms with van der Waals surface area (Å²) in [7, 11) is 0. The van der Waals surface area contributed by atoms with Gasteiger partial charge in [0.05, 0.1) is 33.0 Å². The Morgan fingerprint density at radius 2 is 1.65 bits per heavy atom. The Labute approximate surface area is 186 Å². The lowest BCUT2D eigenvalue weighted by molar-refractivity contribution is 0.0322. The first kappa shape index (κ1) is 23.8. The fraction of sp³-hybridized carbons (Fsp3) is 0.696. The Balaban J connectivity index is 1.43. The van der Waals surface area contributed by atoms with Gasteiger partial charge < -0.3 is 24.8 Å². The summed E-state index contributed by atoms with van der Waals surface area (Å²) in [6.07, 6.45) is 1.09. The molecule has 8 nitrogen and oxygen atoms in total. The van der Waals surface area contributed by atoms with Gasteiger partial charge in [0.25, 0.3) is 0 Å². The predicted octanol–water partition coefficient (Wildman–Crippen LogP) is 1.18. The van der Waals surface area contributed by atoms with E-state index in [1.165, 1.54) is 0 Å². The van der Waals surface area contributed by atoms with E-state index in [9.17, 15) is 0 Å². The molecule has 3 rings (SSSR count). The van der Waals surface area contributed by atoms with Gasteiger partial charge in [0.1, 0.15) is 12.4 Å². The van der Waals surface area contributed by atoms with E-state index in [0.717, 1.165) is 102 Å². The molecule has 0 aromatic heterocycles. The number of guanidine groups is 1. The van der Waals surface area contributed by atoms with Crippen molar-refractivity contribution in [2.45, 2.75) is 19.9 Å². The third-order valence-electron chi connectivity index (χ3n) is 5.54. The minimum Gasteiger partial charge on any atom is -0.492 e. The van der Waals surface area contributed by atoms with Crippen LogP contribution < -0.4 is 15.4 Å². The Hall–Kier alpha value is -1.87. The van der Waals surface area contributed by atoms with Gasteiger partial charge in [-0.25, -0.2) is 4.99 Å². The van der Waals surface area contributed by atoms with Crippen molar-refractivity contribution in [3.8, 4) is 5.75 Å². The molecule has 0 unspecified atom stereocenters. The second-order valence-corrected chi connectivity index (χ2v) is 7.84. The predicted molar refractivity (Wildman–Crippen MR) is 124 cm³/mol. The highest BCUT2D eigenvalue weighted by Gasteiger charge is 2.11. The average molecular weight is 434 g/mol. The van der Waals surface area contributed by atoms with Gasteiger partial charge in [-0.05, 0) is 26.0 Å². The number of rotatable bonds is 11. The van der Waals surface area contributed by atoms with Gasteiger partial charge >= 0.3 is 0 Å². The van der Waals surface area contributed by atoms with Crippen LogP contribution in [0.15, 0.2) is 29.3 Å². The number of nitrogens with one attached hydrogen (secondary N) is 2. The molecule has 1 aromatic rings. The van der Waals surface area contributed by atoms with Crippen molar-refractivity contribution in [2.75, 3.05) is 85.4 Å². The van der Waals surface area contributed by atoms with Crippen molar-refractivity contribution in [1.82, 2.24) is 20.4 Å². The molecule has 1 aromatic carbocycles. The molecular weight excluding hydrogens is 394 g/mol. The molecule has 8 heteroatoms. The molecule has 0 spiro atoms. The van der Waals surface area contributed by atoms with Gasteiger partial charge in [0.15, 0.2) is 5.96 Å². The molecule has 0 saturated carbocycles. The number of benzene rings is 1. The molecule has 0 radical (unpaired) electrons. The van der Waals surface area contributed by atoms with E-state index < -0.39 is 0 Å². The normalized spacial score (nSPS) is 18.7. The maximum atomic E-state index is 6.09. The molecule has 2 aliphatic heterocycles. The highest BCUT2D eigenvalue weighted by Crippen LogP contribution is 2.19. The van der Waals surface area contributed by atoms with Crippen molar-refractivity contribution in [2.24, 2.45) is 4.99 Å². The second kappa shape index (κ2) is 14.2. The number of ether oxygens (including phenoxy) is 3. The standard InChI is InChI=1S/C23H39N5O3/c1-2-24-23(25-8-5-9-27-10-15-29-16-11-27)26-20-21-6-3-4-7-22(21)31-19-14-28-12-17-30-18-13-28/h3-4,6-7H,2,5,8-20H2,1H3,(H2,24,25,26). The van der Waals surface area contributed by atoms with Crippen LogP contribution in [0, 0.1) is 0 Å². The molecule has 2 N–H and O–H groups in total. The van der Waals surface area contributed by atoms with Crippen LogP contribution in [0.3, 0.4) is 0 Å². The lowest BCUT2D eigenvalue weighted by Crippen LogP contribution is -2.40. The van der Waals surface area contributed by atoms with Crippen molar-refractivity contribution >= 4 is 5.96 Å². The maximum absolute atomic E-state index is 6.09. The number of hydrogen-bond acceptors (Lipinski definition) is 6. The van der Waals surface area contributed by atoms with Gasteiger partial charge in [0, 0.05) is 51.4 Å². The molecule has 0 amide bonds. The van der Waals surface area contributed by atoms with Crippen LogP contribution >= 0.6 is 0 Å². The highest BCUT2D eigenvalue weighted by molar-refractivity contribution is 5.79. The number of hydrogen-bond donors (Lipinski definition) is 2. The van der Waals surface area contributed by atoms with E-state index in [0.29, 0.717) is 13.2 Å². The van der Waals surface area contributed by atoms with E-state index in [-0.39, 0.29) is 0 Å². The largest absolute Gasteiger partial charge is 0.492 e. The fourth-order valence-corrected chi connectivity index (χ4v) is 3.72. The summed E-state index contributed by atoms with van der Waals surface area (Å²) in [5.74, 6) is 1.77. The zero-order valence-electron chi connectivity index (χ0n) is 19.0. The first-order valence-corrected chi connectivity index (χ1v) is 11.7. The zero-order chi connectivity index (χ0) is 21.6. The molecule has 2 aliphatic rings. The number of para-hydroxylation sites is 1. The van der Waals surface area contributed by atoms with E-state index in [2.05, 4.69) is 33.4 Å².